The molecular formula is C26H32Mo8N4O26-48. The minimum Gasteiger partial charge on any atom is -2.00 e. The van der Waals surface area contributed by atoms with Crippen molar-refractivity contribution in [2.45, 2.75) is 39.0 Å². The Morgan fingerprint density at radius 1 is 0.156 bits per heavy atom. The molecule has 30 nitrogen and oxygen atoms in total. The van der Waals surface area contributed by atoms with Crippen LogP contribution >= 0.6 is 0 Å². The van der Waals surface area contributed by atoms with Crippen LogP contribution in [-0.2, 0) is 337 Å². The summed E-state index contributed by atoms with van der Waals surface area (Å²) in [6, 6.07) is 24.7. The van der Waals surface area contributed by atoms with Crippen molar-refractivity contribution < 1.29 is 329 Å². The molecule has 4 rings (SSSR count). The molecule has 0 N–H and O–H groups in total. The average Bonchev–Trinajstić information content (AvgIpc) is 2.82. The maximum absolute atomic E-state index is 2.21. The predicted molar refractivity (Wildman–Crippen MR) is 134 cm³/mol. The van der Waals surface area contributed by atoms with Gasteiger partial charge in [0.05, 0.1) is 12.8 Å². The maximum Gasteiger partial charge on any atom is 0.168 e. The molecule has 0 saturated heterocycles. The summed E-state index contributed by atoms with van der Waals surface area (Å²) in [5.74, 6) is 0. The summed E-state index contributed by atoms with van der Waals surface area (Å²) >= 11 is 0. The van der Waals surface area contributed by atoms with Gasteiger partial charge in [0.25, 0.3) is 0 Å². The molecule has 0 radical (unpaired) electrons. The summed E-state index contributed by atoms with van der Waals surface area (Å²) in [6.07, 6.45) is 19.2. The van der Waals surface area contributed by atoms with Gasteiger partial charge in [0.2, 0.25) is 0 Å². The van der Waals surface area contributed by atoms with E-state index >= 15 is 0 Å². The van der Waals surface area contributed by atoms with Crippen molar-refractivity contribution in [3.05, 3.63) is 122 Å². The molecule has 0 spiro atoms. The van der Waals surface area contributed by atoms with E-state index in [-0.39, 0.29) is 311 Å². The summed E-state index contributed by atoms with van der Waals surface area (Å²) in [6.45, 7) is 4.29. The fraction of sp³-hybridized carbons (Fsp3) is 0.231. The van der Waals surface area contributed by atoms with E-state index in [9.17, 15) is 0 Å². The molecule has 0 aliphatic heterocycles. The number of aryl methyl sites for hydroxylation is 4. The molecule has 0 amide bonds. The molecule has 0 atom stereocenters. The molecule has 4 aromatic rings. The molecule has 38 heteroatoms. The van der Waals surface area contributed by atoms with Crippen molar-refractivity contribution in [2.75, 3.05) is 0 Å². The first-order chi connectivity index (χ1) is 14.9. The number of pyridine rings is 4. The van der Waals surface area contributed by atoms with E-state index in [2.05, 4.69) is 116 Å². The van der Waals surface area contributed by atoms with Gasteiger partial charge in [-0.05, 0) is 0 Å². The van der Waals surface area contributed by atoms with Crippen LogP contribution in [0.2, 0.25) is 0 Å². The second-order valence-corrected chi connectivity index (χ2v) is 7.16. The fourth-order valence-electron chi connectivity index (χ4n) is 3.21. The average molecular weight is 1580 g/mol. The largest absolute Gasteiger partial charge is 2.00 e. The van der Waals surface area contributed by atoms with E-state index in [4.69, 9.17) is 0 Å². The number of rotatable bonds is 8. The van der Waals surface area contributed by atoms with Gasteiger partial charge in [-0.25, -0.2) is 18.3 Å². The Bertz CT molecular complexity index is 860. The minimum absolute atomic E-state index is 0. The zero-order chi connectivity index (χ0) is 20.7. The fourth-order valence-corrected chi connectivity index (χ4v) is 3.21. The van der Waals surface area contributed by atoms with Gasteiger partial charge >= 0.3 is 0 Å². The van der Waals surface area contributed by atoms with E-state index < -0.39 is 0 Å². The smallest absolute Gasteiger partial charge is 0.168 e. The molecule has 0 aromatic carbocycles. The van der Waals surface area contributed by atoms with Crippen LogP contribution in [0.5, 0.6) is 0 Å². The van der Waals surface area contributed by atoms with Gasteiger partial charge < -0.3 is 142 Å². The van der Waals surface area contributed by atoms with Gasteiger partial charge in [-0.2, -0.15) is 0 Å². The Kier molecular flexibility index (Phi) is 637. The number of nitrogens with zero attached hydrogens (tertiary/aromatic N) is 4. The van der Waals surface area contributed by atoms with E-state index in [1.165, 1.54) is 0 Å². The SMILES string of the molecule is [Mo].[Mo].[Mo].[Mo].[Mo].[Mo].[Mo].[Mo].[O-2].[O-2].[O-2].[O-2].[O-2].[O-2].[O-2].[O-2].[O-2].[O-2].[O-2].[O-2].[O-2].[O-2].[O-2].[O-2].[O-2].[O-2].[O-2].[O-2].[O-2].[O-2].[O-2].[O-2].[O-2].[O-2].c1cc[n+](CCC[n+]2ccccc2)cc1.c1cc[n+](CCC[n+]2ccccc2)cc1. The van der Waals surface area contributed by atoms with Gasteiger partial charge in [0.15, 0.2) is 75.8 Å². The molecular weight excluding hydrogens is 1550 g/mol. The molecule has 0 bridgehead atoms. The second kappa shape index (κ2) is 167. The van der Waals surface area contributed by atoms with Crippen LogP contribution in [0.15, 0.2) is 122 Å². The second-order valence-electron chi connectivity index (χ2n) is 7.16. The van der Waals surface area contributed by atoms with Gasteiger partial charge in [0.1, 0.15) is 0 Å². The molecule has 0 fully saturated rings. The summed E-state index contributed by atoms with van der Waals surface area (Å²) < 4.78 is 8.85. The third-order valence-corrected chi connectivity index (χ3v) is 4.77. The predicted octanol–water partition coefficient (Wildman–Crippen LogP) is -0.405. The molecule has 4 heterocycles. The first kappa shape index (κ1) is 244. The zero-order valence-corrected chi connectivity index (χ0v) is 47.5. The van der Waals surface area contributed by atoms with Gasteiger partial charge in [-0.3, -0.25) is 0 Å². The third-order valence-electron chi connectivity index (χ3n) is 4.77. The van der Waals surface area contributed by atoms with Crippen molar-refractivity contribution >= 4 is 0 Å². The van der Waals surface area contributed by atoms with Crippen LogP contribution in [0.3, 0.4) is 0 Å². The van der Waals surface area contributed by atoms with Gasteiger partial charge in [-0.15, -0.1) is 0 Å². The first-order valence-electron chi connectivity index (χ1n) is 10.7. The molecule has 64 heavy (non-hydrogen) atoms. The molecule has 0 aliphatic rings. The van der Waals surface area contributed by atoms with Crippen LogP contribution in [0.25, 0.3) is 0 Å². The molecule has 0 aliphatic carbocycles. The third kappa shape index (κ3) is 120. The van der Waals surface area contributed by atoms with Crippen LogP contribution in [0, 0.1) is 0 Å². The zero-order valence-electron chi connectivity index (χ0n) is 31.5. The topological polar surface area (TPSA) is 757 Å². The summed E-state index contributed by atoms with van der Waals surface area (Å²) in [5, 5.41) is 0. The number of hydrogen-bond acceptors (Lipinski definition) is 0. The van der Waals surface area contributed by atoms with Crippen molar-refractivity contribution in [1.82, 2.24) is 0 Å². The van der Waals surface area contributed by atoms with Crippen LogP contribution in [0.4, 0.5) is 0 Å². The van der Waals surface area contributed by atoms with Gasteiger partial charge in [0, 0.05) is 217 Å². The molecule has 0 unspecified atom stereocenters. The minimum atomic E-state index is 0. The Morgan fingerprint density at radius 3 is 0.344 bits per heavy atom. The van der Waals surface area contributed by atoms with Crippen molar-refractivity contribution in [1.29, 1.82) is 0 Å². The Labute approximate surface area is 485 Å². The maximum atomic E-state index is 2.21. The normalized spacial score (nSPS) is 4.75. The molecule has 4 aromatic heterocycles. The summed E-state index contributed by atoms with van der Waals surface area (Å²) in [7, 11) is 0. The quantitative estimate of drug-likeness (QED) is 0.161. The van der Waals surface area contributed by atoms with Crippen LogP contribution in [0.1, 0.15) is 12.8 Å². The monoisotopic (exact) mass is 1600 g/mol. The molecule has 0 saturated carbocycles. The van der Waals surface area contributed by atoms with Gasteiger partial charge in [-0.1, -0.05) is 24.3 Å². The summed E-state index contributed by atoms with van der Waals surface area (Å²) in [5.41, 5.74) is 0. The molecule has 408 valence electrons. The van der Waals surface area contributed by atoms with Crippen molar-refractivity contribution in [3.63, 3.8) is 0 Å². The standard InChI is InChI=1S/2C13H16N2.8Mo.26O/c2*1-3-8-14(9-4-1)12-7-13-15-10-5-2-6-11-15;;;;;;;;;;;;;;;;;;;;;;;;;;;;;;;;;;/h2*1-6,8-11H,7,12-13H2;;;;;;;;;;;;;;;;;;;;;;;;;;;;;;;;;;/q2*+2;;;;;;;;;26*-2. The first-order valence-corrected chi connectivity index (χ1v) is 10.7. The van der Waals surface area contributed by atoms with E-state index in [0.29, 0.717) is 0 Å². The Balaban J connectivity index is -0.00000000697. The Morgan fingerprint density at radius 2 is 0.250 bits per heavy atom. The van der Waals surface area contributed by atoms with E-state index in [1.54, 1.807) is 0 Å². The van der Waals surface area contributed by atoms with Crippen molar-refractivity contribution in [3.8, 4) is 0 Å². The number of hydrogen-bond donors (Lipinski definition) is 0. The Hall–Kier alpha value is 1.07. The van der Waals surface area contributed by atoms with E-state index in [1.807, 2.05) is 24.3 Å². The van der Waals surface area contributed by atoms with Crippen LogP contribution in [-0.4, -0.2) is 0 Å². The van der Waals surface area contributed by atoms with E-state index in [0.717, 1.165) is 39.0 Å². The van der Waals surface area contributed by atoms with Crippen LogP contribution < -0.4 is 18.3 Å². The summed E-state index contributed by atoms with van der Waals surface area (Å²) in [4.78, 5) is 0. The number of aromatic nitrogens is 4. The van der Waals surface area contributed by atoms with Crippen molar-refractivity contribution in [2.24, 2.45) is 0 Å².